The van der Waals surface area contributed by atoms with Gasteiger partial charge in [0.15, 0.2) is 0 Å². The van der Waals surface area contributed by atoms with Crippen LogP contribution >= 0.6 is 22.9 Å². The molecule has 0 unspecified atom stereocenters. The van der Waals surface area contributed by atoms with Gasteiger partial charge in [0.25, 0.3) is 0 Å². The minimum atomic E-state index is -0.486. The predicted octanol–water partition coefficient (Wildman–Crippen LogP) is 4.05. The molecule has 2 aromatic heterocycles. The van der Waals surface area contributed by atoms with Gasteiger partial charge >= 0.3 is 11.9 Å². The third-order valence-electron chi connectivity index (χ3n) is 3.51. The van der Waals surface area contributed by atoms with Crippen LogP contribution in [0.15, 0.2) is 29.9 Å². The number of halogens is 1. The molecule has 1 N–H and O–H groups in total. The Bertz CT molecular complexity index is 989. The molecule has 0 aliphatic heterocycles. The molecule has 0 bridgehead atoms. The number of fused-ring (bicyclic) bond motifs is 1. The standard InChI is InChI=1S/C17H14ClN3O4S/c1-3-25-17(23)10-7-26-15-13(10)14(19-8-20-15)21-12-6-9(16(22)24-2)4-5-11(12)18/h4-8H,3H2,1-2H3,(H,19,20,21). The first-order valence-electron chi connectivity index (χ1n) is 7.59. The van der Waals surface area contributed by atoms with Gasteiger partial charge in [0, 0.05) is 5.38 Å². The number of nitrogens with zero attached hydrogens (tertiary/aromatic N) is 2. The Morgan fingerprint density at radius 3 is 2.81 bits per heavy atom. The molecule has 0 spiro atoms. The average Bonchev–Trinajstić information content (AvgIpc) is 3.08. The van der Waals surface area contributed by atoms with E-state index in [0.29, 0.717) is 37.9 Å². The van der Waals surface area contributed by atoms with E-state index in [1.807, 2.05) is 0 Å². The Kier molecular flexibility index (Phi) is 5.34. The van der Waals surface area contributed by atoms with Gasteiger partial charge in [-0.15, -0.1) is 11.3 Å². The quantitative estimate of drug-likeness (QED) is 0.656. The summed E-state index contributed by atoms with van der Waals surface area (Å²) in [5, 5.41) is 5.67. The van der Waals surface area contributed by atoms with Gasteiger partial charge in [-0.05, 0) is 25.1 Å². The maximum absolute atomic E-state index is 12.2. The number of esters is 2. The lowest BCUT2D eigenvalue weighted by molar-refractivity contribution is 0.0528. The average molecular weight is 392 g/mol. The molecule has 3 rings (SSSR count). The van der Waals surface area contributed by atoms with Crippen molar-refractivity contribution in [3.63, 3.8) is 0 Å². The molecule has 9 heteroatoms. The van der Waals surface area contributed by atoms with Gasteiger partial charge in [-0.1, -0.05) is 11.6 Å². The van der Waals surface area contributed by atoms with Gasteiger partial charge in [-0.25, -0.2) is 19.6 Å². The number of benzene rings is 1. The molecule has 0 aliphatic rings. The van der Waals surface area contributed by atoms with E-state index >= 15 is 0 Å². The summed E-state index contributed by atoms with van der Waals surface area (Å²) in [5.74, 6) is -0.547. The third kappa shape index (κ3) is 3.47. The van der Waals surface area contributed by atoms with Crippen molar-refractivity contribution in [3.05, 3.63) is 46.1 Å². The number of ether oxygens (including phenoxy) is 2. The van der Waals surface area contributed by atoms with Gasteiger partial charge in [0.2, 0.25) is 0 Å². The van der Waals surface area contributed by atoms with E-state index in [1.54, 1.807) is 30.5 Å². The first-order valence-corrected chi connectivity index (χ1v) is 8.85. The lowest BCUT2D eigenvalue weighted by Crippen LogP contribution is -2.06. The Balaban J connectivity index is 2.05. The molecule has 7 nitrogen and oxygen atoms in total. The Morgan fingerprint density at radius 2 is 2.08 bits per heavy atom. The van der Waals surface area contributed by atoms with Crippen molar-refractivity contribution < 1.29 is 19.1 Å². The lowest BCUT2D eigenvalue weighted by atomic mass is 10.2. The van der Waals surface area contributed by atoms with Crippen molar-refractivity contribution in [1.82, 2.24) is 9.97 Å². The summed E-state index contributed by atoms with van der Waals surface area (Å²) in [6.07, 6.45) is 1.38. The largest absolute Gasteiger partial charge is 0.465 e. The Labute approximate surface area is 157 Å². The van der Waals surface area contributed by atoms with Gasteiger partial charge in [-0.3, -0.25) is 0 Å². The zero-order chi connectivity index (χ0) is 18.7. The fraction of sp³-hybridized carbons (Fsp3) is 0.176. The van der Waals surface area contributed by atoms with Crippen molar-refractivity contribution in [3.8, 4) is 0 Å². The second kappa shape index (κ2) is 7.67. The number of aromatic nitrogens is 2. The molecule has 0 radical (unpaired) electrons. The van der Waals surface area contributed by atoms with Crippen molar-refractivity contribution >= 4 is 56.6 Å². The number of anilines is 2. The van der Waals surface area contributed by atoms with E-state index in [4.69, 9.17) is 21.1 Å². The van der Waals surface area contributed by atoms with E-state index in [9.17, 15) is 9.59 Å². The van der Waals surface area contributed by atoms with Crippen molar-refractivity contribution in [2.24, 2.45) is 0 Å². The zero-order valence-electron chi connectivity index (χ0n) is 13.9. The van der Waals surface area contributed by atoms with E-state index in [1.165, 1.54) is 24.8 Å². The zero-order valence-corrected chi connectivity index (χ0v) is 15.5. The van der Waals surface area contributed by atoms with Crippen LogP contribution in [0.4, 0.5) is 11.5 Å². The molecule has 0 aliphatic carbocycles. The van der Waals surface area contributed by atoms with Crippen molar-refractivity contribution in [2.45, 2.75) is 6.92 Å². The normalized spacial score (nSPS) is 10.6. The highest BCUT2D eigenvalue weighted by Crippen LogP contribution is 2.33. The van der Waals surface area contributed by atoms with Crippen LogP contribution in [0.1, 0.15) is 27.6 Å². The smallest absolute Gasteiger partial charge is 0.339 e. The van der Waals surface area contributed by atoms with Crippen LogP contribution in [0, 0.1) is 0 Å². The van der Waals surface area contributed by atoms with Crippen molar-refractivity contribution in [2.75, 3.05) is 19.0 Å². The van der Waals surface area contributed by atoms with E-state index < -0.39 is 11.9 Å². The lowest BCUT2D eigenvalue weighted by Gasteiger charge is -2.11. The summed E-state index contributed by atoms with van der Waals surface area (Å²) >= 11 is 7.53. The maximum atomic E-state index is 12.2. The molecule has 0 saturated carbocycles. The summed E-state index contributed by atoms with van der Waals surface area (Å²) in [6, 6.07) is 4.69. The molecule has 0 fully saturated rings. The number of thiophene rings is 1. The van der Waals surface area contributed by atoms with E-state index in [0.717, 1.165) is 0 Å². The summed E-state index contributed by atoms with van der Waals surface area (Å²) in [4.78, 5) is 33.0. The molecule has 2 heterocycles. The summed E-state index contributed by atoms with van der Waals surface area (Å²) in [5.41, 5.74) is 1.16. The summed E-state index contributed by atoms with van der Waals surface area (Å²) in [6.45, 7) is 2.00. The predicted molar refractivity (Wildman–Crippen MR) is 99.4 cm³/mol. The SMILES string of the molecule is CCOC(=O)c1csc2ncnc(Nc3cc(C(=O)OC)ccc3Cl)c12. The van der Waals surface area contributed by atoms with Crippen LogP contribution in [0.5, 0.6) is 0 Å². The first kappa shape index (κ1) is 18.1. The Hall–Kier alpha value is -2.71. The van der Waals surface area contributed by atoms with Crippen LogP contribution in [0.25, 0.3) is 10.2 Å². The van der Waals surface area contributed by atoms with Crippen LogP contribution in [0.3, 0.4) is 0 Å². The molecule has 134 valence electrons. The van der Waals surface area contributed by atoms with Gasteiger partial charge in [0.1, 0.15) is 17.0 Å². The summed E-state index contributed by atoms with van der Waals surface area (Å²) in [7, 11) is 1.30. The monoisotopic (exact) mass is 391 g/mol. The molecular weight excluding hydrogens is 378 g/mol. The number of hydrogen-bond acceptors (Lipinski definition) is 8. The maximum Gasteiger partial charge on any atom is 0.339 e. The van der Waals surface area contributed by atoms with Crippen LogP contribution in [0.2, 0.25) is 5.02 Å². The van der Waals surface area contributed by atoms with Crippen LogP contribution in [-0.2, 0) is 9.47 Å². The van der Waals surface area contributed by atoms with Gasteiger partial charge in [0.05, 0.1) is 40.9 Å². The topological polar surface area (TPSA) is 90.4 Å². The number of nitrogens with one attached hydrogen (secondary N) is 1. The molecule has 0 amide bonds. The molecule has 0 atom stereocenters. The molecule has 0 saturated heterocycles. The first-order chi connectivity index (χ1) is 12.5. The fourth-order valence-electron chi connectivity index (χ4n) is 2.32. The molecule has 26 heavy (non-hydrogen) atoms. The second-order valence-corrected chi connectivity index (χ2v) is 6.35. The number of carbonyl (C=O) groups is 2. The highest BCUT2D eigenvalue weighted by atomic mass is 35.5. The molecule has 1 aromatic carbocycles. The van der Waals surface area contributed by atoms with Gasteiger partial charge in [-0.2, -0.15) is 0 Å². The number of methoxy groups -OCH3 is 1. The minimum Gasteiger partial charge on any atom is -0.465 e. The molecular formula is C17H14ClN3O4S. The third-order valence-corrected chi connectivity index (χ3v) is 4.72. The van der Waals surface area contributed by atoms with E-state index in [2.05, 4.69) is 15.3 Å². The van der Waals surface area contributed by atoms with Crippen LogP contribution < -0.4 is 5.32 Å². The van der Waals surface area contributed by atoms with Crippen LogP contribution in [-0.4, -0.2) is 35.6 Å². The Morgan fingerprint density at radius 1 is 1.27 bits per heavy atom. The number of carbonyl (C=O) groups excluding carboxylic acids is 2. The second-order valence-electron chi connectivity index (χ2n) is 5.08. The minimum absolute atomic E-state index is 0.264. The number of hydrogen-bond donors (Lipinski definition) is 1. The summed E-state index contributed by atoms with van der Waals surface area (Å²) < 4.78 is 9.81. The van der Waals surface area contributed by atoms with Crippen molar-refractivity contribution in [1.29, 1.82) is 0 Å². The number of rotatable bonds is 5. The highest BCUT2D eigenvalue weighted by molar-refractivity contribution is 7.17. The highest BCUT2D eigenvalue weighted by Gasteiger charge is 2.19. The van der Waals surface area contributed by atoms with E-state index in [-0.39, 0.29) is 6.61 Å². The molecule has 3 aromatic rings. The fourth-order valence-corrected chi connectivity index (χ4v) is 3.36. The van der Waals surface area contributed by atoms with Gasteiger partial charge < -0.3 is 14.8 Å².